The number of nitrogens with zero attached hydrogens (tertiary/aromatic N) is 3. The first-order valence-electron chi connectivity index (χ1n) is 5.99. The van der Waals surface area contributed by atoms with Crippen molar-refractivity contribution in [3.63, 3.8) is 0 Å². The highest BCUT2D eigenvalue weighted by Gasteiger charge is 2.14. The maximum Gasteiger partial charge on any atom is 0.279 e. The van der Waals surface area contributed by atoms with Crippen LogP contribution in [0.5, 0.6) is 0 Å². The van der Waals surface area contributed by atoms with E-state index in [0.717, 1.165) is 4.68 Å². The van der Waals surface area contributed by atoms with E-state index in [0.29, 0.717) is 11.3 Å². The van der Waals surface area contributed by atoms with Gasteiger partial charge >= 0.3 is 0 Å². The first-order valence-corrected chi connectivity index (χ1v) is 5.99. The Balaban J connectivity index is 2.62. The van der Waals surface area contributed by atoms with E-state index in [9.17, 15) is 14.7 Å². The number of carbonyl (C=O) groups is 1. The van der Waals surface area contributed by atoms with Gasteiger partial charge in [0.2, 0.25) is 0 Å². The van der Waals surface area contributed by atoms with Crippen LogP contribution >= 0.6 is 0 Å². The molecule has 0 aromatic carbocycles. The van der Waals surface area contributed by atoms with E-state index in [2.05, 4.69) is 10.1 Å². The van der Waals surface area contributed by atoms with Crippen LogP contribution in [-0.4, -0.2) is 31.9 Å². The van der Waals surface area contributed by atoms with Gasteiger partial charge in [-0.2, -0.15) is 5.10 Å². The van der Waals surface area contributed by atoms with Crippen molar-refractivity contribution >= 4 is 5.91 Å². The van der Waals surface area contributed by atoms with Crippen molar-refractivity contribution in [2.45, 2.75) is 19.6 Å². The molecule has 0 fully saturated rings. The van der Waals surface area contributed by atoms with Gasteiger partial charge in [-0.1, -0.05) is 0 Å². The highest BCUT2D eigenvalue weighted by atomic mass is 16.3. The molecule has 0 aliphatic heterocycles. The molecule has 7 nitrogen and oxygen atoms in total. The maximum absolute atomic E-state index is 12.0. The second kappa shape index (κ2) is 5.62. The first-order chi connectivity index (χ1) is 9.49. The number of aliphatic hydroxyl groups is 1. The summed E-state index contributed by atoms with van der Waals surface area (Å²) in [5.74, 6) is -0.827. The Labute approximate surface area is 114 Å². The SMILES string of the molecule is CC(O)Cn1nc(-c2ccncc2)cc(C(N)=O)c1=O. The number of nitrogens with two attached hydrogens (primary N) is 1. The number of amides is 1. The summed E-state index contributed by atoms with van der Waals surface area (Å²) in [5, 5.41) is 13.5. The molecule has 2 rings (SSSR count). The van der Waals surface area contributed by atoms with Gasteiger partial charge in [0, 0.05) is 18.0 Å². The second-order valence-electron chi connectivity index (χ2n) is 4.38. The number of aromatic nitrogens is 3. The van der Waals surface area contributed by atoms with Crippen molar-refractivity contribution in [3.8, 4) is 11.3 Å². The van der Waals surface area contributed by atoms with E-state index in [4.69, 9.17) is 5.73 Å². The molecule has 0 spiro atoms. The molecule has 20 heavy (non-hydrogen) atoms. The number of hydrogen-bond donors (Lipinski definition) is 2. The second-order valence-corrected chi connectivity index (χ2v) is 4.38. The Morgan fingerprint density at radius 2 is 2.10 bits per heavy atom. The van der Waals surface area contributed by atoms with Gasteiger partial charge in [0.15, 0.2) is 0 Å². The Hall–Kier alpha value is -2.54. The Bertz CT molecular complexity index is 680. The molecule has 0 aliphatic rings. The van der Waals surface area contributed by atoms with E-state index < -0.39 is 17.6 Å². The Kier molecular flexibility index (Phi) is 3.90. The van der Waals surface area contributed by atoms with Crippen LogP contribution in [-0.2, 0) is 6.54 Å². The van der Waals surface area contributed by atoms with Gasteiger partial charge in [-0.3, -0.25) is 14.6 Å². The quantitative estimate of drug-likeness (QED) is 0.801. The van der Waals surface area contributed by atoms with Crippen LogP contribution in [0.3, 0.4) is 0 Å². The molecule has 1 amide bonds. The topological polar surface area (TPSA) is 111 Å². The fourth-order valence-corrected chi connectivity index (χ4v) is 1.76. The van der Waals surface area contributed by atoms with Crippen LogP contribution in [0.25, 0.3) is 11.3 Å². The monoisotopic (exact) mass is 274 g/mol. The largest absolute Gasteiger partial charge is 0.391 e. The van der Waals surface area contributed by atoms with Crippen molar-refractivity contribution in [2.75, 3.05) is 0 Å². The summed E-state index contributed by atoms with van der Waals surface area (Å²) >= 11 is 0. The van der Waals surface area contributed by atoms with Crippen LogP contribution in [0.2, 0.25) is 0 Å². The van der Waals surface area contributed by atoms with Crippen LogP contribution < -0.4 is 11.3 Å². The number of primary amides is 1. The molecule has 1 atom stereocenters. The number of rotatable bonds is 4. The predicted molar refractivity (Wildman–Crippen MR) is 71.9 cm³/mol. The summed E-state index contributed by atoms with van der Waals surface area (Å²) in [7, 11) is 0. The normalized spacial score (nSPS) is 12.1. The molecule has 0 saturated heterocycles. The van der Waals surface area contributed by atoms with Crippen molar-refractivity contribution in [3.05, 3.63) is 46.5 Å². The zero-order valence-corrected chi connectivity index (χ0v) is 10.9. The third kappa shape index (κ3) is 2.89. The Morgan fingerprint density at radius 1 is 1.45 bits per heavy atom. The molecule has 0 saturated carbocycles. The molecule has 0 aliphatic carbocycles. The summed E-state index contributed by atoms with van der Waals surface area (Å²) in [4.78, 5) is 27.2. The molecule has 2 heterocycles. The highest BCUT2D eigenvalue weighted by molar-refractivity contribution is 5.93. The fraction of sp³-hybridized carbons (Fsp3) is 0.231. The molecular formula is C13H14N4O3. The van der Waals surface area contributed by atoms with Crippen molar-refractivity contribution in [2.24, 2.45) is 5.73 Å². The van der Waals surface area contributed by atoms with Gasteiger partial charge in [0.25, 0.3) is 11.5 Å². The maximum atomic E-state index is 12.0. The summed E-state index contributed by atoms with van der Waals surface area (Å²) in [6.45, 7) is 1.51. The molecule has 0 radical (unpaired) electrons. The number of aliphatic hydroxyl groups excluding tert-OH is 1. The van der Waals surface area contributed by atoms with E-state index >= 15 is 0 Å². The average molecular weight is 274 g/mol. The summed E-state index contributed by atoms with van der Waals surface area (Å²) in [6.07, 6.45) is 2.38. The molecule has 2 aromatic rings. The lowest BCUT2D eigenvalue weighted by molar-refractivity contribution is 0.0996. The van der Waals surface area contributed by atoms with Gasteiger partial charge in [-0.25, -0.2) is 4.68 Å². The standard InChI is InChI=1S/C13H14N4O3/c1-8(18)7-17-13(20)10(12(14)19)6-11(16-17)9-2-4-15-5-3-9/h2-6,8,18H,7H2,1H3,(H2,14,19). The number of carbonyl (C=O) groups excluding carboxylic acids is 1. The molecule has 1 unspecified atom stereocenters. The fourth-order valence-electron chi connectivity index (χ4n) is 1.76. The van der Waals surface area contributed by atoms with Gasteiger partial charge in [-0.05, 0) is 25.1 Å². The lowest BCUT2D eigenvalue weighted by Gasteiger charge is -2.10. The van der Waals surface area contributed by atoms with Crippen molar-refractivity contribution in [1.29, 1.82) is 0 Å². The Morgan fingerprint density at radius 3 is 2.65 bits per heavy atom. The predicted octanol–water partition coefficient (Wildman–Crippen LogP) is -0.215. The number of hydrogen-bond acceptors (Lipinski definition) is 5. The summed E-state index contributed by atoms with van der Waals surface area (Å²) in [5.41, 5.74) is 5.55. The minimum absolute atomic E-state index is 0.0158. The zero-order valence-electron chi connectivity index (χ0n) is 10.9. The van der Waals surface area contributed by atoms with Crippen LogP contribution in [0.4, 0.5) is 0 Å². The van der Waals surface area contributed by atoms with Crippen LogP contribution in [0, 0.1) is 0 Å². The number of pyridine rings is 1. The third-order valence-corrected chi connectivity index (χ3v) is 2.65. The molecule has 104 valence electrons. The van der Waals surface area contributed by atoms with E-state index in [1.54, 1.807) is 24.5 Å². The average Bonchev–Trinajstić information content (AvgIpc) is 2.41. The first kappa shape index (κ1) is 13.9. The van der Waals surface area contributed by atoms with Crippen molar-refractivity contribution < 1.29 is 9.90 Å². The lowest BCUT2D eigenvalue weighted by atomic mass is 10.1. The van der Waals surface area contributed by atoms with Crippen molar-refractivity contribution in [1.82, 2.24) is 14.8 Å². The van der Waals surface area contributed by atoms with Crippen LogP contribution in [0.1, 0.15) is 17.3 Å². The van der Waals surface area contributed by atoms with E-state index in [1.165, 1.54) is 13.0 Å². The van der Waals surface area contributed by atoms with Gasteiger partial charge < -0.3 is 10.8 Å². The van der Waals surface area contributed by atoms with Gasteiger partial charge in [0.05, 0.1) is 18.3 Å². The smallest absolute Gasteiger partial charge is 0.279 e. The molecule has 3 N–H and O–H groups in total. The molecular weight excluding hydrogens is 260 g/mol. The van der Waals surface area contributed by atoms with Crippen LogP contribution in [0.15, 0.2) is 35.4 Å². The lowest BCUT2D eigenvalue weighted by Crippen LogP contribution is -2.34. The summed E-state index contributed by atoms with van der Waals surface area (Å²) in [6, 6.07) is 4.74. The zero-order chi connectivity index (χ0) is 14.7. The minimum atomic E-state index is -0.827. The molecule has 2 aromatic heterocycles. The van der Waals surface area contributed by atoms with Gasteiger partial charge in [-0.15, -0.1) is 0 Å². The molecule has 7 heteroatoms. The van der Waals surface area contributed by atoms with Gasteiger partial charge in [0.1, 0.15) is 5.56 Å². The minimum Gasteiger partial charge on any atom is -0.391 e. The van der Waals surface area contributed by atoms with E-state index in [1.807, 2.05) is 0 Å². The third-order valence-electron chi connectivity index (χ3n) is 2.65. The summed E-state index contributed by atoms with van der Waals surface area (Å²) < 4.78 is 1.04. The highest BCUT2D eigenvalue weighted by Crippen LogP contribution is 2.15. The molecule has 0 bridgehead atoms. The van der Waals surface area contributed by atoms with E-state index in [-0.39, 0.29) is 12.1 Å².